The minimum atomic E-state index is -3.77. The van der Waals surface area contributed by atoms with Gasteiger partial charge in [-0.25, -0.2) is 13.2 Å². The maximum atomic E-state index is 13.0. The largest absolute Gasteiger partial charge is 0.467 e. The number of amides is 1. The zero-order valence-corrected chi connectivity index (χ0v) is 17.0. The number of rotatable bonds is 5. The molecule has 1 aromatic rings. The Kier molecular flexibility index (Phi) is 6.28. The van der Waals surface area contributed by atoms with E-state index in [0.29, 0.717) is 0 Å². The number of carbonyl (C=O) groups is 2. The number of benzene rings is 1. The first-order valence-electron chi connectivity index (χ1n) is 8.64. The number of esters is 1. The number of hydrogen-bond donors (Lipinski definition) is 1. The lowest BCUT2D eigenvalue weighted by molar-refractivity contribution is -0.146. The van der Waals surface area contributed by atoms with Crippen molar-refractivity contribution in [2.45, 2.75) is 50.3 Å². The SMILES string of the molecule is COC(=O)C(C)(C)NC(=O)c1cccc(S(=O)(=O)N2CC(C)OC(C)C2)c1. The summed E-state index contributed by atoms with van der Waals surface area (Å²) in [6.45, 7) is 7.15. The molecule has 1 saturated heterocycles. The van der Waals surface area contributed by atoms with Crippen molar-refractivity contribution in [3.63, 3.8) is 0 Å². The number of methoxy groups -OCH3 is 1. The molecule has 1 N–H and O–H groups in total. The molecule has 1 amide bonds. The normalized spacial score (nSPS) is 21.5. The van der Waals surface area contributed by atoms with Crippen LogP contribution in [0.25, 0.3) is 0 Å². The molecule has 27 heavy (non-hydrogen) atoms. The minimum absolute atomic E-state index is 0.0207. The molecular weight excluding hydrogens is 372 g/mol. The van der Waals surface area contributed by atoms with Gasteiger partial charge in [0, 0.05) is 18.7 Å². The van der Waals surface area contributed by atoms with Gasteiger partial charge in [-0.2, -0.15) is 4.31 Å². The van der Waals surface area contributed by atoms with Gasteiger partial charge in [0.05, 0.1) is 24.2 Å². The molecule has 1 aliphatic heterocycles. The van der Waals surface area contributed by atoms with E-state index in [9.17, 15) is 18.0 Å². The summed E-state index contributed by atoms with van der Waals surface area (Å²) in [6, 6.07) is 5.75. The topological polar surface area (TPSA) is 102 Å². The molecule has 1 heterocycles. The highest BCUT2D eigenvalue weighted by molar-refractivity contribution is 7.89. The molecule has 8 nitrogen and oxygen atoms in total. The number of ether oxygens (including phenoxy) is 2. The van der Waals surface area contributed by atoms with Crippen LogP contribution < -0.4 is 5.32 Å². The van der Waals surface area contributed by atoms with Crippen molar-refractivity contribution in [1.82, 2.24) is 9.62 Å². The number of carbonyl (C=O) groups excluding carboxylic acids is 2. The average Bonchev–Trinajstić information content (AvgIpc) is 2.59. The Bertz CT molecular complexity index is 811. The van der Waals surface area contributed by atoms with Crippen LogP contribution in [0.3, 0.4) is 0 Å². The van der Waals surface area contributed by atoms with Gasteiger partial charge in [-0.3, -0.25) is 4.79 Å². The van der Waals surface area contributed by atoms with Crippen LogP contribution >= 0.6 is 0 Å². The Hall–Kier alpha value is -1.97. The fourth-order valence-corrected chi connectivity index (χ4v) is 4.57. The van der Waals surface area contributed by atoms with E-state index in [-0.39, 0.29) is 35.8 Å². The Morgan fingerprint density at radius 2 is 1.81 bits per heavy atom. The molecule has 150 valence electrons. The summed E-state index contributed by atoms with van der Waals surface area (Å²) in [4.78, 5) is 24.3. The van der Waals surface area contributed by atoms with Crippen LogP contribution in [0.15, 0.2) is 29.2 Å². The van der Waals surface area contributed by atoms with Crippen LogP contribution in [0, 0.1) is 0 Å². The molecule has 1 aliphatic rings. The third-order valence-electron chi connectivity index (χ3n) is 4.24. The molecular formula is C18H26N2O6S. The van der Waals surface area contributed by atoms with Crippen molar-refractivity contribution < 1.29 is 27.5 Å². The fourth-order valence-electron chi connectivity index (χ4n) is 2.94. The number of nitrogens with zero attached hydrogens (tertiary/aromatic N) is 1. The van der Waals surface area contributed by atoms with Gasteiger partial charge in [0.15, 0.2) is 0 Å². The smallest absolute Gasteiger partial charge is 0.330 e. The second-order valence-electron chi connectivity index (χ2n) is 7.18. The predicted octanol–water partition coefficient (Wildman–Crippen LogP) is 1.17. The first kappa shape index (κ1) is 21.3. The molecule has 0 aliphatic carbocycles. The maximum absolute atomic E-state index is 13.0. The van der Waals surface area contributed by atoms with Crippen molar-refractivity contribution in [2.75, 3.05) is 20.2 Å². The van der Waals surface area contributed by atoms with E-state index in [4.69, 9.17) is 4.74 Å². The van der Waals surface area contributed by atoms with E-state index in [1.807, 2.05) is 13.8 Å². The second kappa shape index (κ2) is 7.95. The molecule has 0 spiro atoms. The third kappa shape index (κ3) is 4.85. The molecule has 1 aromatic carbocycles. The molecule has 0 aromatic heterocycles. The number of hydrogen-bond acceptors (Lipinski definition) is 6. The quantitative estimate of drug-likeness (QED) is 0.747. The first-order chi connectivity index (χ1) is 12.5. The zero-order valence-electron chi connectivity index (χ0n) is 16.2. The van der Waals surface area contributed by atoms with Gasteiger partial charge in [-0.05, 0) is 45.9 Å². The first-order valence-corrected chi connectivity index (χ1v) is 10.1. The summed E-state index contributed by atoms with van der Waals surface area (Å²) in [5.41, 5.74) is -1.10. The lowest BCUT2D eigenvalue weighted by Crippen LogP contribution is -2.50. The molecule has 0 bridgehead atoms. The zero-order chi connectivity index (χ0) is 20.4. The van der Waals surface area contributed by atoms with Crippen molar-refractivity contribution in [1.29, 1.82) is 0 Å². The highest BCUT2D eigenvalue weighted by Gasteiger charge is 2.34. The van der Waals surface area contributed by atoms with Crippen LogP contribution in [0.4, 0.5) is 0 Å². The fraction of sp³-hybridized carbons (Fsp3) is 0.556. The van der Waals surface area contributed by atoms with Crippen molar-refractivity contribution in [3.8, 4) is 0 Å². The summed E-state index contributed by atoms with van der Waals surface area (Å²) in [6.07, 6.45) is -0.424. The summed E-state index contributed by atoms with van der Waals surface area (Å²) in [5.74, 6) is -1.16. The Balaban J connectivity index is 2.26. The van der Waals surface area contributed by atoms with Gasteiger partial charge in [-0.1, -0.05) is 6.07 Å². The third-order valence-corrected chi connectivity index (χ3v) is 6.07. The van der Waals surface area contributed by atoms with Crippen molar-refractivity contribution >= 4 is 21.9 Å². The number of morpholine rings is 1. The van der Waals surface area contributed by atoms with Gasteiger partial charge < -0.3 is 14.8 Å². The van der Waals surface area contributed by atoms with E-state index in [1.54, 1.807) is 0 Å². The molecule has 0 radical (unpaired) electrons. The van der Waals surface area contributed by atoms with E-state index >= 15 is 0 Å². The van der Waals surface area contributed by atoms with E-state index in [2.05, 4.69) is 10.1 Å². The average molecular weight is 398 g/mol. The van der Waals surface area contributed by atoms with Crippen molar-refractivity contribution in [3.05, 3.63) is 29.8 Å². The van der Waals surface area contributed by atoms with Gasteiger partial charge in [0.25, 0.3) is 5.91 Å². The number of nitrogens with one attached hydrogen (secondary N) is 1. The molecule has 2 rings (SSSR count). The van der Waals surface area contributed by atoms with Gasteiger partial charge >= 0.3 is 5.97 Å². The van der Waals surface area contributed by atoms with Crippen LogP contribution in [0.2, 0.25) is 0 Å². The highest BCUT2D eigenvalue weighted by Crippen LogP contribution is 2.22. The van der Waals surface area contributed by atoms with Crippen LogP contribution in [0.1, 0.15) is 38.1 Å². The molecule has 1 fully saturated rings. The second-order valence-corrected chi connectivity index (χ2v) is 9.12. The lowest BCUT2D eigenvalue weighted by atomic mass is 10.1. The Morgan fingerprint density at radius 1 is 1.22 bits per heavy atom. The Morgan fingerprint density at radius 3 is 2.37 bits per heavy atom. The Labute approximate surface area is 159 Å². The van der Waals surface area contributed by atoms with E-state index in [0.717, 1.165) is 0 Å². The lowest BCUT2D eigenvalue weighted by Gasteiger charge is -2.34. The van der Waals surface area contributed by atoms with Crippen molar-refractivity contribution in [2.24, 2.45) is 0 Å². The molecule has 2 unspecified atom stereocenters. The monoisotopic (exact) mass is 398 g/mol. The summed E-state index contributed by atoms with van der Waals surface area (Å²) >= 11 is 0. The summed E-state index contributed by atoms with van der Waals surface area (Å²) in [7, 11) is -2.54. The summed E-state index contributed by atoms with van der Waals surface area (Å²) in [5, 5.41) is 2.55. The minimum Gasteiger partial charge on any atom is -0.467 e. The van der Waals surface area contributed by atoms with E-state index < -0.39 is 27.4 Å². The number of sulfonamides is 1. The molecule has 2 atom stereocenters. The molecule has 9 heteroatoms. The molecule has 0 saturated carbocycles. The van der Waals surface area contributed by atoms with Crippen LogP contribution in [-0.2, 0) is 24.3 Å². The standard InChI is InChI=1S/C18H26N2O6S/c1-12-10-20(11-13(2)26-12)27(23,24)15-8-6-7-14(9-15)16(21)19-18(3,4)17(22)25-5/h6-9,12-13H,10-11H2,1-5H3,(H,19,21). The summed E-state index contributed by atoms with van der Waals surface area (Å²) < 4.78 is 37.5. The maximum Gasteiger partial charge on any atom is 0.330 e. The van der Waals surface area contributed by atoms with Gasteiger partial charge in [-0.15, -0.1) is 0 Å². The van der Waals surface area contributed by atoms with E-state index in [1.165, 1.54) is 49.5 Å². The highest BCUT2D eigenvalue weighted by atomic mass is 32.2. The van der Waals surface area contributed by atoms with Crippen LogP contribution in [-0.4, -0.2) is 62.5 Å². The predicted molar refractivity (Wildman–Crippen MR) is 98.8 cm³/mol. The van der Waals surface area contributed by atoms with Gasteiger partial charge in [0.2, 0.25) is 10.0 Å². The van der Waals surface area contributed by atoms with Gasteiger partial charge in [0.1, 0.15) is 5.54 Å². The van der Waals surface area contributed by atoms with Crippen LogP contribution in [0.5, 0.6) is 0 Å².